The van der Waals surface area contributed by atoms with Gasteiger partial charge < -0.3 is 14.6 Å². The van der Waals surface area contributed by atoms with Crippen LogP contribution in [0.1, 0.15) is 24.5 Å². The Balaban J connectivity index is 1.71. The van der Waals surface area contributed by atoms with Crippen LogP contribution in [0.5, 0.6) is 5.75 Å². The zero-order valence-corrected chi connectivity index (χ0v) is 16.0. The molecule has 2 rings (SSSR count). The number of methoxy groups -OCH3 is 1. The average Bonchev–Trinajstić information content (AvgIpc) is 2.71. The number of esters is 1. The van der Waals surface area contributed by atoms with Crippen molar-refractivity contribution >= 4 is 5.97 Å². The van der Waals surface area contributed by atoms with Crippen molar-refractivity contribution in [1.29, 1.82) is 0 Å². The van der Waals surface area contributed by atoms with E-state index >= 15 is 0 Å². The molecule has 2 aromatic rings. The van der Waals surface area contributed by atoms with Crippen LogP contribution >= 0.6 is 0 Å². The molecule has 0 aliphatic carbocycles. The summed E-state index contributed by atoms with van der Waals surface area (Å²) in [6.07, 6.45) is 3.93. The smallest absolute Gasteiger partial charge is 0.309 e. The highest BCUT2D eigenvalue weighted by Gasteiger charge is 2.10. The number of pyridine rings is 1. The highest BCUT2D eigenvalue weighted by molar-refractivity contribution is 5.72. The van der Waals surface area contributed by atoms with E-state index < -0.39 is 6.10 Å². The topological polar surface area (TPSA) is 71.9 Å². The molecule has 146 valence electrons. The molecule has 0 fully saturated rings. The Bertz CT molecular complexity index is 676. The summed E-state index contributed by atoms with van der Waals surface area (Å²) in [5, 5.41) is 10.2. The van der Waals surface area contributed by atoms with Gasteiger partial charge in [-0.15, -0.1) is 0 Å². The van der Waals surface area contributed by atoms with E-state index in [1.165, 1.54) is 12.7 Å². The predicted molar refractivity (Wildman–Crippen MR) is 103 cm³/mol. The van der Waals surface area contributed by atoms with Crippen LogP contribution in [0.2, 0.25) is 0 Å². The molecule has 0 aliphatic heterocycles. The Morgan fingerprint density at radius 2 is 1.85 bits per heavy atom. The van der Waals surface area contributed by atoms with Crippen LogP contribution in [0.15, 0.2) is 48.8 Å². The molecule has 6 heteroatoms. The summed E-state index contributed by atoms with van der Waals surface area (Å²) in [5.74, 6) is 0.401. The number of aromatic nitrogens is 1. The molecule has 1 N–H and O–H groups in total. The molecule has 0 saturated carbocycles. The van der Waals surface area contributed by atoms with E-state index in [1.54, 1.807) is 24.5 Å². The third kappa shape index (κ3) is 7.76. The van der Waals surface area contributed by atoms with Gasteiger partial charge in [-0.05, 0) is 48.4 Å². The number of rotatable bonds is 11. The Morgan fingerprint density at radius 1 is 1.15 bits per heavy atom. The minimum Gasteiger partial charge on any atom is -0.491 e. The van der Waals surface area contributed by atoms with Gasteiger partial charge in [0.05, 0.1) is 19.6 Å². The van der Waals surface area contributed by atoms with Gasteiger partial charge in [0.15, 0.2) is 0 Å². The molecule has 0 saturated heterocycles. The highest BCUT2D eigenvalue weighted by Crippen LogP contribution is 2.14. The SMILES string of the molecule is CCN(CCC(O)COc1ccc(CC(=O)OC)cc1)Cc1ccncc1. The molecule has 0 bridgehead atoms. The quantitative estimate of drug-likeness (QED) is 0.611. The Kier molecular flexibility index (Phi) is 8.74. The third-order valence-corrected chi connectivity index (χ3v) is 4.32. The first kappa shape index (κ1) is 20.9. The average molecular weight is 372 g/mol. The number of hydrogen-bond acceptors (Lipinski definition) is 6. The summed E-state index contributed by atoms with van der Waals surface area (Å²) in [4.78, 5) is 17.6. The van der Waals surface area contributed by atoms with Crippen LogP contribution < -0.4 is 4.74 Å². The van der Waals surface area contributed by atoms with Crippen molar-refractivity contribution in [2.75, 3.05) is 26.8 Å². The molecular weight excluding hydrogens is 344 g/mol. The minimum atomic E-state index is -0.536. The zero-order chi connectivity index (χ0) is 19.5. The zero-order valence-electron chi connectivity index (χ0n) is 16.0. The van der Waals surface area contributed by atoms with E-state index in [4.69, 9.17) is 4.74 Å². The van der Waals surface area contributed by atoms with Crippen LogP contribution in [-0.4, -0.2) is 53.9 Å². The van der Waals surface area contributed by atoms with Crippen molar-refractivity contribution in [3.05, 3.63) is 59.9 Å². The second kappa shape index (κ2) is 11.3. The normalized spacial score (nSPS) is 12.0. The van der Waals surface area contributed by atoms with Crippen LogP contribution in [0.4, 0.5) is 0 Å². The van der Waals surface area contributed by atoms with Crippen LogP contribution in [0.25, 0.3) is 0 Å². The van der Waals surface area contributed by atoms with E-state index in [9.17, 15) is 9.90 Å². The van der Waals surface area contributed by atoms with Gasteiger partial charge in [-0.3, -0.25) is 14.7 Å². The van der Waals surface area contributed by atoms with Crippen LogP contribution in [-0.2, 0) is 22.5 Å². The molecule has 1 atom stereocenters. The fraction of sp³-hybridized carbons (Fsp3) is 0.429. The largest absolute Gasteiger partial charge is 0.491 e. The van der Waals surface area contributed by atoms with Gasteiger partial charge in [0.25, 0.3) is 0 Å². The fourth-order valence-electron chi connectivity index (χ4n) is 2.65. The Labute approximate surface area is 160 Å². The van der Waals surface area contributed by atoms with Crippen molar-refractivity contribution in [1.82, 2.24) is 9.88 Å². The van der Waals surface area contributed by atoms with Gasteiger partial charge in [0.2, 0.25) is 0 Å². The molecule has 6 nitrogen and oxygen atoms in total. The van der Waals surface area contributed by atoms with Gasteiger partial charge in [-0.25, -0.2) is 0 Å². The molecular formula is C21H28N2O4. The number of aliphatic hydroxyl groups excluding tert-OH is 1. The fourth-order valence-corrected chi connectivity index (χ4v) is 2.65. The molecule has 1 aromatic carbocycles. The Hall–Kier alpha value is -2.44. The van der Waals surface area contributed by atoms with Gasteiger partial charge in [0, 0.05) is 25.5 Å². The van der Waals surface area contributed by atoms with Crippen molar-refractivity contribution < 1.29 is 19.4 Å². The first-order valence-electron chi connectivity index (χ1n) is 9.18. The summed E-state index contributed by atoms with van der Waals surface area (Å²) in [6.45, 7) is 4.90. The van der Waals surface area contributed by atoms with E-state index in [0.717, 1.165) is 25.2 Å². The summed E-state index contributed by atoms with van der Waals surface area (Å²) < 4.78 is 10.3. The number of carbonyl (C=O) groups is 1. The van der Waals surface area contributed by atoms with E-state index in [0.29, 0.717) is 12.2 Å². The second-order valence-electron chi connectivity index (χ2n) is 6.37. The maximum absolute atomic E-state index is 11.3. The van der Waals surface area contributed by atoms with Gasteiger partial charge in [0.1, 0.15) is 12.4 Å². The molecule has 27 heavy (non-hydrogen) atoms. The molecule has 1 aromatic heterocycles. The van der Waals surface area contributed by atoms with Gasteiger partial charge >= 0.3 is 5.97 Å². The van der Waals surface area contributed by atoms with Crippen molar-refractivity contribution in [3.8, 4) is 5.75 Å². The van der Waals surface area contributed by atoms with Crippen molar-refractivity contribution in [2.24, 2.45) is 0 Å². The number of benzene rings is 1. The lowest BCUT2D eigenvalue weighted by Gasteiger charge is -2.22. The summed E-state index contributed by atoms with van der Waals surface area (Å²) >= 11 is 0. The maximum atomic E-state index is 11.3. The van der Waals surface area contributed by atoms with Gasteiger partial charge in [-0.2, -0.15) is 0 Å². The van der Waals surface area contributed by atoms with E-state index in [-0.39, 0.29) is 19.0 Å². The number of aliphatic hydroxyl groups is 1. The number of ether oxygens (including phenoxy) is 2. The first-order chi connectivity index (χ1) is 13.1. The number of carbonyl (C=O) groups excluding carboxylic acids is 1. The van der Waals surface area contributed by atoms with E-state index in [2.05, 4.69) is 21.5 Å². The third-order valence-electron chi connectivity index (χ3n) is 4.32. The van der Waals surface area contributed by atoms with Crippen molar-refractivity contribution in [2.45, 2.75) is 32.4 Å². The van der Waals surface area contributed by atoms with Crippen LogP contribution in [0.3, 0.4) is 0 Å². The molecule has 0 radical (unpaired) electrons. The number of hydrogen-bond donors (Lipinski definition) is 1. The lowest BCUT2D eigenvalue weighted by atomic mass is 10.1. The highest BCUT2D eigenvalue weighted by atomic mass is 16.5. The lowest BCUT2D eigenvalue weighted by Crippen LogP contribution is -2.29. The summed E-state index contributed by atoms with van der Waals surface area (Å²) in [6, 6.07) is 11.3. The van der Waals surface area contributed by atoms with Crippen LogP contribution in [0, 0.1) is 0 Å². The molecule has 0 aliphatic rings. The monoisotopic (exact) mass is 372 g/mol. The predicted octanol–water partition coefficient (Wildman–Crippen LogP) is 2.45. The lowest BCUT2D eigenvalue weighted by molar-refractivity contribution is -0.139. The minimum absolute atomic E-state index is 0.239. The second-order valence-corrected chi connectivity index (χ2v) is 6.37. The molecule has 1 unspecified atom stereocenters. The first-order valence-corrected chi connectivity index (χ1v) is 9.18. The maximum Gasteiger partial charge on any atom is 0.309 e. The Morgan fingerprint density at radius 3 is 2.48 bits per heavy atom. The summed E-state index contributed by atoms with van der Waals surface area (Å²) in [5.41, 5.74) is 2.08. The standard InChI is InChI=1S/C21H28N2O4/c1-3-23(15-18-8-11-22-12-9-18)13-10-19(24)16-27-20-6-4-17(5-7-20)14-21(25)26-2/h4-9,11-12,19,24H,3,10,13-16H2,1-2H3. The van der Waals surface area contributed by atoms with Crippen molar-refractivity contribution in [3.63, 3.8) is 0 Å². The summed E-state index contributed by atoms with van der Waals surface area (Å²) in [7, 11) is 1.37. The molecule has 0 spiro atoms. The number of nitrogens with zero attached hydrogens (tertiary/aromatic N) is 2. The van der Waals surface area contributed by atoms with E-state index in [1.807, 2.05) is 24.3 Å². The molecule has 1 heterocycles. The molecule has 0 amide bonds. The van der Waals surface area contributed by atoms with Gasteiger partial charge in [-0.1, -0.05) is 19.1 Å².